The Morgan fingerprint density at radius 3 is 2.44 bits per heavy atom. The van der Waals surface area contributed by atoms with E-state index in [1.807, 2.05) is 30.3 Å². The van der Waals surface area contributed by atoms with E-state index < -0.39 is 5.97 Å². The predicted molar refractivity (Wildman–Crippen MR) is 66.5 cm³/mol. The maximum absolute atomic E-state index is 11.0. The zero-order valence-corrected chi connectivity index (χ0v) is 10.1. The lowest BCUT2D eigenvalue weighted by atomic mass is 10.1. The topological polar surface area (TPSA) is 37.3 Å². The zero-order valence-electron chi connectivity index (χ0n) is 8.53. The number of hydrogen-bond acceptors (Lipinski definition) is 2. The summed E-state index contributed by atoms with van der Waals surface area (Å²) in [7, 11) is 0. The molecule has 0 aliphatic rings. The molecule has 0 saturated heterocycles. The van der Waals surface area contributed by atoms with Crippen molar-refractivity contribution >= 4 is 28.9 Å². The molecule has 2 nitrogen and oxygen atoms in total. The molecule has 0 bridgehead atoms. The molecule has 16 heavy (non-hydrogen) atoms. The number of rotatable bonds is 2. The van der Waals surface area contributed by atoms with Crippen molar-refractivity contribution < 1.29 is 9.90 Å². The van der Waals surface area contributed by atoms with Gasteiger partial charge >= 0.3 is 5.97 Å². The van der Waals surface area contributed by atoms with Crippen LogP contribution in [-0.4, -0.2) is 11.1 Å². The average molecular weight is 253 g/mol. The Balaban J connectivity index is 2.61. The smallest absolute Gasteiger partial charge is 0.338 e. The van der Waals surface area contributed by atoms with Crippen molar-refractivity contribution in [3.63, 3.8) is 0 Å². The molecule has 0 fully saturated rings. The van der Waals surface area contributed by atoms with E-state index in [9.17, 15) is 4.79 Å². The standard InChI is InChI=1S/C12H9ClO2S/c1-7-9(12(14)15)11(13)16-10(7)8-5-3-2-4-6-8/h2-6H,1H3,(H,14,15). The first-order chi connectivity index (χ1) is 7.61. The maximum atomic E-state index is 11.0. The molecule has 1 aromatic heterocycles. The summed E-state index contributed by atoms with van der Waals surface area (Å²) in [6.07, 6.45) is 0. The Morgan fingerprint density at radius 1 is 1.31 bits per heavy atom. The van der Waals surface area contributed by atoms with Gasteiger partial charge in [-0.15, -0.1) is 11.3 Å². The summed E-state index contributed by atoms with van der Waals surface area (Å²) in [4.78, 5) is 11.9. The largest absolute Gasteiger partial charge is 0.478 e. The summed E-state index contributed by atoms with van der Waals surface area (Å²) in [6, 6.07) is 9.65. The molecule has 0 saturated carbocycles. The SMILES string of the molecule is Cc1c(-c2ccccc2)sc(Cl)c1C(=O)O. The third kappa shape index (κ3) is 1.84. The van der Waals surface area contributed by atoms with Gasteiger partial charge < -0.3 is 5.11 Å². The number of benzene rings is 1. The molecule has 0 atom stereocenters. The molecule has 1 N–H and O–H groups in total. The van der Waals surface area contributed by atoms with Crippen LogP contribution in [-0.2, 0) is 0 Å². The molecule has 1 aromatic carbocycles. The fourth-order valence-corrected chi connectivity index (χ4v) is 3.07. The number of carbonyl (C=O) groups is 1. The van der Waals surface area contributed by atoms with Crippen molar-refractivity contribution in [3.8, 4) is 10.4 Å². The van der Waals surface area contributed by atoms with Crippen LogP contribution in [0.5, 0.6) is 0 Å². The summed E-state index contributed by atoms with van der Waals surface area (Å²) in [5.74, 6) is -0.971. The van der Waals surface area contributed by atoms with E-state index in [0.29, 0.717) is 4.34 Å². The van der Waals surface area contributed by atoms with Crippen LogP contribution in [0.25, 0.3) is 10.4 Å². The third-order valence-electron chi connectivity index (χ3n) is 2.35. The van der Waals surface area contributed by atoms with Gasteiger partial charge in [-0.05, 0) is 18.1 Å². The molecule has 2 aromatic rings. The van der Waals surface area contributed by atoms with Gasteiger partial charge in [0.05, 0.1) is 5.56 Å². The molecule has 2 rings (SSSR count). The number of carboxylic acids is 1. The average Bonchev–Trinajstić information content (AvgIpc) is 2.55. The minimum Gasteiger partial charge on any atom is -0.478 e. The number of thiophene rings is 1. The second kappa shape index (κ2) is 4.28. The number of halogens is 1. The quantitative estimate of drug-likeness (QED) is 0.875. The van der Waals surface area contributed by atoms with Crippen LogP contribution in [0.15, 0.2) is 30.3 Å². The van der Waals surface area contributed by atoms with Crippen molar-refractivity contribution in [2.24, 2.45) is 0 Å². The molecule has 0 aliphatic carbocycles. The first-order valence-corrected chi connectivity index (χ1v) is 5.88. The molecule has 0 radical (unpaired) electrons. The second-order valence-electron chi connectivity index (χ2n) is 3.38. The van der Waals surface area contributed by atoms with Gasteiger partial charge in [-0.25, -0.2) is 4.79 Å². The van der Waals surface area contributed by atoms with Crippen molar-refractivity contribution in [1.82, 2.24) is 0 Å². The summed E-state index contributed by atoms with van der Waals surface area (Å²) in [6.45, 7) is 1.79. The molecular weight excluding hydrogens is 244 g/mol. The fraction of sp³-hybridized carbons (Fsp3) is 0.0833. The highest BCUT2D eigenvalue weighted by atomic mass is 35.5. The van der Waals surface area contributed by atoms with Gasteiger partial charge in [-0.1, -0.05) is 41.9 Å². The molecule has 0 amide bonds. The van der Waals surface area contributed by atoms with E-state index in [1.54, 1.807) is 6.92 Å². The normalized spacial score (nSPS) is 10.4. The Morgan fingerprint density at radius 2 is 1.94 bits per heavy atom. The van der Waals surface area contributed by atoms with Crippen molar-refractivity contribution in [1.29, 1.82) is 0 Å². The summed E-state index contributed by atoms with van der Waals surface area (Å²) >= 11 is 7.24. The van der Waals surface area contributed by atoms with Gasteiger partial charge in [-0.3, -0.25) is 0 Å². The highest BCUT2D eigenvalue weighted by Crippen LogP contribution is 2.39. The molecule has 4 heteroatoms. The molecule has 1 heterocycles. The van der Waals surface area contributed by atoms with Crippen LogP contribution in [0, 0.1) is 6.92 Å². The molecule has 0 spiro atoms. The minimum atomic E-state index is -0.971. The summed E-state index contributed by atoms with van der Waals surface area (Å²) in [5, 5.41) is 9.03. The highest BCUT2D eigenvalue weighted by Gasteiger charge is 2.19. The van der Waals surface area contributed by atoms with Crippen LogP contribution in [0.1, 0.15) is 15.9 Å². The summed E-state index contributed by atoms with van der Waals surface area (Å²) < 4.78 is 0.337. The van der Waals surface area contributed by atoms with Gasteiger partial charge in [0.25, 0.3) is 0 Å². The Kier molecular flexibility index (Phi) is 2.99. The fourth-order valence-electron chi connectivity index (χ4n) is 1.59. The van der Waals surface area contributed by atoms with Crippen LogP contribution < -0.4 is 0 Å². The van der Waals surface area contributed by atoms with Gasteiger partial charge in [0.1, 0.15) is 4.34 Å². The highest BCUT2D eigenvalue weighted by molar-refractivity contribution is 7.20. The monoisotopic (exact) mass is 252 g/mol. The Hall–Kier alpha value is -1.32. The first-order valence-electron chi connectivity index (χ1n) is 4.69. The maximum Gasteiger partial charge on any atom is 0.338 e. The zero-order chi connectivity index (χ0) is 11.7. The number of aromatic carboxylic acids is 1. The van der Waals surface area contributed by atoms with E-state index >= 15 is 0 Å². The van der Waals surface area contributed by atoms with Crippen LogP contribution in [0.3, 0.4) is 0 Å². The van der Waals surface area contributed by atoms with Gasteiger partial charge in [0.2, 0.25) is 0 Å². The molecule has 0 unspecified atom stereocenters. The van der Waals surface area contributed by atoms with Crippen molar-refractivity contribution in [3.05, 3.63) is 45.8 Å². The second-order valence-corrected chi connectivity index (χ2v) is 5.00. The van der Waals surface area contributed by atoms with Crippen molar-refractivity contribution in [2.45, 2.75) is 6.92 Å². The third-order valence-corrected chi connectivity index (χ3v) is 3.90. The van der Waals surface area contributed by atoms with E-state index in [2.05, 4.69) is 0 Å². The molecule has 0 aliphatic heterocycles. The van der Waals surface area contributed by atoms with E-state index in [4.69, 9.17) is 16.7 Å². The molecule has 82 valence electrons. The van der Waals surface area contributed by atoms with E-state index in [1.165, 1.54) is 11.3 Å². The number of hydrogen-bond donors (Lipinski definition) is 1. The molecular formula is C12H9ClO2S. The van der Waals surface area contributed by atoms with E-state index in [0.717, 1.165) is 16.0 Å². The lowest BCUT2D eigenvalue weighted by Crippen LogP contribution is -1.97. The van der Waals surface area contributed by atoms with E-state index in [-0.39, 0.29) is 5.56 Å². The Bertz CT molecular complexity index is 531. The van der Waals surface area contributed by atoms with Crippen LogP contribution in [0.2, 0.25) is 4.34 Å². The van der Waals surface area contributed by atoms with Crippen LogP contribution in [0.4, 0.5) is 0 Å². The van der Waals surface area contributed by atoms with Crippen molar-refractivity contribution in [2.75, 3.05) is 0 Å². The van der Waals surface area contributed by atoms with Gasteiger partial charge in [-0.2, -0.15) is 0 Å². The summed E-state index contributed by atoms with van der Waals surface area (Å²) in [5.41, 5.74) is 1.94. The van der Waals surface area contributed by atoms with Gasteiger partial charge in [0.15, 0.2) is 0 Å². The number of carboxylic acid groups (broad SMARTS) is 1. The van der Waals surface area contributed by atoms with Crippen LogP contribution >= 0.6 is 22.9 Å². The van der Waals surface area contributed by atoms with Gasteiger partial charge in [0, 0.05) is 4.88 Å². The lowest BCUT2D eigenvalue weighted by Gasteiger charge is -1.99. The Labute approximate surface area is 102 Å². The minimum absolute atomic E-state index is 0.213. The first kappa shape index (κ1) is 11.2. The predicted octanol–water partition coefficient (Wildman–Crippen LogP) is 4.08. The lowest BCUT2D eigenvalue weighted by molar-refractivity contribution is 0.0697.